The molecular weight excluding hydrogens is 316 g/mol. The van der Waals surface area contributed by atoms with E-state index in [0.29, 0.717) is 12.1 Å². The van der Waals surface area contributed by atoms with Gasteiger partial charge in [-0.2, -0.15) is 0 Å². The average molecular weight is 329 g/mol. The van der Waals surface area contributed by atoms with Gasteiger partial charge in [0.25, 0.3) is 5.91 Å². The highest BCUT2D eigenvalue weighted by Crippen LogP contribution is 2.36. The number of hydrazine groups is 1. The molecule has 7 heteroatoms. The second-order valence-electron chi connectivity index (χ2n) is 4.98. The molecule has 2 amide bonds. The Labute approximate surface area is 136 Å². The molecular formula is C16H13ClN4O2. The van der Waals surface area contributed by atoms with Crippen LogP contribution in [0, 0.1) is 0 Å². The van der Waals surface area contributed by atoms with E-state index in [-0.39, 0.29) is 16.4 Å². The number of nitrogens with zero attached hydrogens (tertiary/aromatic N) is 1. The van der Waals surface area contributed by atoms with Crippen LogP contribution in [0.4, 0.5) is 5.82 Å². The van der Waals surface area contributed by atoms with Gasteiger partial charge in [-0.15, -0.1) is 0 Å². The summed E-state index contributed by atoms with van der Waals surface area (Å²) in [5.41, 5.74) is 6.55. The van der Waals surface area contributed by atoms with E-state index >= 15 is 0 Å². The first kappa shape index (κ1) is 15.1. The molecule has 0 saturated carbocycles. The fraction of sp³-hybridized carbons (Fsp3) is 0. The van der Waals surface area contributed by atoms with E-state index in [9.17, 15) is 9.59 Å². The Balaban J connectivity index is 2.22. The summed E-state index contributed by atoms with van der Waals surface area (Å²) in [4.78, 5) is 25.4. The number of hydrogen-bond acceptors (Lipinski definition) is 3. The predicted octanol–water partition coefficient (Wildman–Crippen LogP) is 2.42. The molecule has 2 aromatic carbocycles. The SMILES string of the molecule is NC(=O)c1c(N(N)C=O)[nH]c(-c2ccc3ccccc3c2)c1Cl. The van der Waals surface area contributed by atoms with Crippen LogP contribution in [0.2, 0.25) is 5.02 Å². The monoisotopic (exact) mass is 328 g/mol. The summed E-state index contributed by atoms with van der Waals surface area (Å²) in [5.74, 6) is 4.83. The molecule has 3 aromatic rings. The number of nitrogens with two attached hydrogens (primary N) is 2. The van der Waals surface area contributed by atoms with Crippen molar-refractivity contribution in [1.29, 1.82) is 0 Å². The normalized spacial score (nSPS) is 10.7. The molecule has 116 valence electrons. The molecule has 0 unspecified atom stereocenters. The van der Waals surface area contributed by atoms with Gasteiger partial charge in [-0.05, 0) is 16.8 Å². The minimum Gasteiger partial charge on any atom is -0.365 e. The maximum Gasteiger partial charge on any atom is 0.254 e. The molecule has 0 fully saturated rings. The van der Waals surface area contributed by atoms with Crippen LogP contribution < -0.4 is 16.6 Å². The number of hydrogen-bond donors (Lipinski definition) is 3. The zero-order chi connectivity index (χ0) is 16.6. The topological polar surface area (TPSA) is 105 Å². The summed E-state index contributed by atoms with van der Waals surface area (Å²) in [7, 11) is 0. The highest BCUT2D eigenvalue weighted by Gasteiger charge is 2.23. The Kier molecular flexibility index (Phi) is 3.77. The zero-order valence-corrected chi connectivity index (χ0v) is 12.7. The summed E-state index contributed by atoms with van der Waals surface area (Å²) < 4.78 is 0. The number of halogens is 1. The largest absolute Gasteiger partial charge is 0.365 e. The van der Waals surface area contributed by atoms with E-state index in [1.54, 1.807) is 0 Å². The van der Waals surface area contributed by atoms with Crippen molar-refractivity contribution < 1.29 is 9.59 Å². The molecule has 1 aromatic heterocycles. The van der Waals surface area contributed by atoms with Crippen LogP contribution in [0.3, 0.4) is 0 Å². The Hall–Kier alpha value is -2.83. The third-order valence-electron chi connectivity index (χ3n) is 3.58. The zero-order valence-electron chi connectivity index (χ0n) is 11.9. The molecule has 3 rings (SSSR count). The number of carbonyl (C=O) groups excluding carboxylic acids is 2. The number of fused-ring (bicyclic) bond motifs is 1. The number of aromatic amines is 1. The molecule has 0 radical (unpaired) electrons. The van der Waals surface area contributed by atoms with Crippen molar-refractivity contribution in [2.24, 2.45) is 11.6 Å². The Bertz CT molecular complexity index is 920. The van der Waals surface area contributed by atoms with Crippen LogP contribution in [-0.4, -0.2) is 17.3 Å². The fourth-order valence-electron chi connectivity index (χ4n) is 2.48. The first-order valence-corrected chi connectivity index (χ1v) is 7.10. The molecule has 0 bridgehead atoms. The number of aromatic nitrogens is 1. The number of rotatable bonds is 4. The van der Waals surface area contributed by atoms with Crippen LogP contribution >= 0.6 is 11.6 Å². The number of nitrogens with one attached hydrogen (secondary N) is 1. The average Bonchev–Trinajstić information content (AvgIpc) is 2.91. The summed E-state index contributed by atoms with van der Waals surface area (Å²) >= 11 is 6.28. The molecule has 1 heterocycles. The van der Waals surface area contributed by atoms with Gasteiger partial charge in [0.05, 0.1) is 10.7 Å². The van der Waals surface area contributed by atoms with Crippen LogP contribution in [0.15, 0.2) is 42.5 Å². The van der Waals surface area contributed by atoms with E-state index in [2.05, 4.69) is 4.98 Å². The van der Waals surface area contributed by atoms with Gasteiger partial charge in [-0.25, -0.2) is 10.9 Å². The lowest BCUT2D eigenvalue weighted by molar-refractivity contribution is -0.107. The smallest absolute Gasteiger partial charge is 0.254 e. The van der Waals surface area contributed by atoms with Crippen molar-refractivity contribution >= 4 is 40.5 Å². The molecule has 23 heavy (non-hydrogen) atoms. The van der Waals surface area contributed by atoms with Crippen LogP contribution in [0.5, 0.6) is 0 Å². The Morgan fingerprint density at radius 3 is 2.52 bits per heavy atom. The van der Waals surface area contributed by atoms with Gasteiger partial charge in [0.2, 0.25) is 6.41 Å². The number of carbonyl (C=O) groups is 2. The number of amides is 2. The Morgan fingerprint density at radius 1 is 1.17 bits per heavy atom. The number of benzene rings is 2. The Morgan fingerprint density at radius 2 is 1.87 bits per heavy atom. The van der Waals surface area contributed by atoms with Gasteiger partial charge in [-0.1, -0.05) is 48.0 Å². The van der Waals surface area contributed by atoms with Crippen molar-refractivity contribution in [3.8, 4) is 11.3 Å². The summed E-state index contributed by atoms with van der Waals surface area (Å²) in [6.45, 7) is 0. The maximum absolute atomic E-state index is 11.6. The van der Waals surface area contributed by atoms with Crippen molar-refractivity contribution in [2.45, 2.75) is 0 Å². The van der Waals surface area contributed by atoms with E-state index in [4.69, 9.17) is 23.2 Å². The van der Waals surface area contributed by atoms with E-state index in [1.807, 2.05) is 42.5 Å². The summed E-state index contributed by atoms with van der Waals surface area (Å²) in [6.07, 6.45) is 0.360. The lowest BCUT2D eigenvalue weighted by Crippen LogP contribution is -2.31. The number of primary amides is 1. The third kappa shape index (κ3) is 2.54. The van der Waals surface area contributed by atoms with Crippen molar-refractivity contribution in [2.75, 3.05) is 5.01 Å². The van der Waals surface area contributed by atoms with Gasteiger partial charge in [-0.3, -0.25) is 9.59 Å². The predicted molar refractivity (Wildman–Crippen MR) is 90.0 cm³/mol. The van der Waals surface area contributed by atoms with Gasteiger partial charge in [0.15, 0.2) is 0 Å². The summed E-state index contributed by atoms with van der Waals surface area (Å²) in [5, 5.41) is 2.94. The van der Waals surface area contributed by atoms with Gasteiger partial charge in [0.1, 0.15) is 11.4 Å². The van der Waals surface area contributed by atoms with Crippen LogP contribution in [-0.2, 0) is 4.79 Å². The first-order valence-electron chi connectivity index (χ1n) is 6.72. The molecule has 0 atom stereocenters. The van der Waals surface area contributed by atoms with Crippen LogP contribution in [0.1, 0.15) is 10.4 Å². The van der Waals surface area contributed by atoms with E-state index in [0.717, 1.165) is 21.3 Å². The number of anilines is 1. The minimum absolute atomic E-state index is 0.0237. The first-order chi connectivity index (χ1) is 11.0. The highest BCUT2D eigenvalue weighted by atomic mass is 35.5. The maximum atomic E-state index is 11.6. The van der Waals surface area contributed by atoms with Gasteiger partial charge in [0, 0.05) is 5.56 Å². The molecule has 0 saturated heterocycles. The van der Waals surface area contributed by atoms with Crippen molar-refractivity contribution in [1.82, 2.24) is 4.98 Å². The summed E-state index contributed by atoms with van der Waals surface area (Å²) in [6, 6.07) is 13.5. The quantitative estimate of drug-likeness (QED) is 0.296. The molecule has 0 aliphatic carbocycles. The molecule has 0 aliphatic heterocycles. The molecule has 6 nitrogen and oxygen atoms in total. The second-order valence-corrected chi connectivity index (χ2v) is 5.35. The van der Waals surface area contributed by atoms with Gasteiger partial charge < -0.3 is 10.7 Å². The van der Waals surface area contributed by atoms with Crippen LogP contribution in [0.25, 0.3) is 22.0 Å². The lowest BCUT2D eigenvalue weighted by atomic mass is 10.0. The van der Waals surface area contributed by atoms with Crippen molar-refractivity contribution in [3.63, 3.8) is 0 Å². The highest BCUT2D eigenvalue weighted by molar-refractivity contribution is 6.37. The van der Waals surface area contributed by atoms with E-state index in [1.165, 1.54) is 0 Å². The second kappa shape index (κ2) is 5.75. The standard InChI is InChI=1S/C16H13ClN4O2/c17-13-12(15(18)23)16(21(19)8-22)20-14(13)11-6-5-9-3-1-2-4-10(9)7-11/h1-8,20H,19H2,(H2,18,23). The third-order valence-corrected chi connectivity index (χ3v) is 3.95. The van der Waals surface area contributed by atoms with Crippen molar-refractivity contribution in [3.05, 3.63) is 53.1 Å². The minimum atomic E-state index is -0.773. The molecule has 0 spiro atoms. The van der Waals surface area contributed by atoms with Gasteiger partial charge >= 0.3 is 0 Å². The fourth-order valence-corrected chi connectivity index (χ4v) is 2.82. The lowest BCUT2D eigenvalue weighted by Gasteiger charge is -2.08. The number of H-pyrrole nitrogens is 1. The molecule has 5 N–H and O–H groups in total. The molecule has 0 aliphatic rings. The van der Waals surface area contributed by atoms with E-state index < -0.39 is 5.91 Å².